The molecule has 20 heavy (non-hydrogen) atoms. The monoisotopic (exact) mass is 274 g/mol. The van der Waals surface area contributed by atoms with Crippen LogP contribution in [0, 0.1) is 17.0 Å². The van der Waals surface area contributed by atoms with E-state index in [2.05, 4.69) is 5.10 Å². The Morgan fingerprint density at radius 3 is 3.05 bits per heavy atom. The molecule has 0 spiro atoms. The van der Waals surface area contributed by atoms with Gasteiger partial charge in [0.1, 0.15) is 11.4 Å². The highest BCUT2D eigenvalue weighted by Gasteiger charge is 2.23. The molecule has 1 aliphatic rings. The lowest BCUT2D eigenvalue weighted by atomic mass is 10.1. The summed E-state index contributed by atoms with van der Waals surface area (Å²) in [4.78, 5) is 10.4. The van der Waals surface area contributed by atoms with Gasteiger partial charge in [-0.1, -0.05) is 12.1 Å². The Kier molecular flexibility index (Phi) is 2.81. The molecule has 3 rings (SSSR count). The molecule has 7 nitrogen and oxygen atoms in total. The molecule has 2 heterocycles. The summed E-state index contributed by atoms with van der Waals surface area (Å²) in [6, 6.07) is 5.87. The second kappa shape index (κ2) is 4.52. The molecule has 7 heteroatoms. The number of aryl methyl sites for hydroxylation is 1. The van der Waals surface area contributed by atoms with Gasteiger partial charge in [0.15, 0.2) is 0 Å². The van der Waals surface area contributed by atoms with E-state index in [1.807, 2.05) is 18.2 Å². The van der Waals surface area contributed by atoms with E-state index in [0.29, 0.717) is 18.8 Å². The first kappa shape index (κ1) is 12.5. The van der Waals surface area contributed by atoms with Crippen LogP contribution in [-0.4, -0.2) is 21.3 Å². The Labute approximate surface area is 115 Å². The van der Waals surface area contributed by atoms with Crippen molar-refractivity contribution < 1.29 is 9.66 Å². The maximum Gasteiger partial charge on any atom is 0.333 e. The molecule has 2 N–H and O–H groups in total. The molecule has 1 aromatic heterocycles. The predicted molar refractivity (Wildman–Crippen MR) is 72.8 cm³/mol. The number of aromatic nitrogens is 2. The third kappa shape index (κ3) is 1.97. The quantitative estimate of drug-likeness (QED) is 0.678. The van der Waals surface area contributed by atoms with Crippen molar-refractivity contribution in [3.05, 3.63) is 45.1 Å². The highest BCUT2D eigenvalue weighted by molar-refractivity contribution is 5.56. The number of anilines is 1. The Morgan fingerprint density at radius 2 is 2.35 bits per heavy atom. The molecule has 0 unspecified atom stereocenters. The third-order valence-electron chi connectivity index (χ3n) is 3.40. The number of hydrogen-bond donors (Lipinski definition) is 1. The number of ether oxygens (including phenoxy) is 1. The molecule has 0 aliphatic carbocycles. The topological polar surface area (TPSA) is 96.2 Å². The molecule has 0 bridgehead atoms. The predicted octanol–water partition coefficient (Wildman–Crippen LogP) is 1.67. The number of nitro groups is 1. The van der Waals surface area contributed by atoms with Gasteiger partial charge in [-0.05, 0) is 24.1 Å². The SMILES string of the molecule is Cc1nn(Cc2ccc3c(c2)CCO3)c(N)c1[N+](=O)[O-]. The van der Waals surface area contributed by atoms with Gasteiger partial charge in [0, 0.05) is 6.42 Å². The van der Waals surface area contributed by atoms with Crippen LogP contribution in [0.25, 0.3) is 0 Å². The number of rotatable bonds is 3. The smallest absolute Gasteiger partial charge is 0.333 e. The van der Waals surface area contributed by atoms with Crippen LogP contribution in [0.1, 0.15) is 16.8 Å². The Morgan fingerprint density at radius 1 is 1.55 bits per heavy atom. The summed E-state index contributed by atoms with van der Waals surface area (Å²) in [5.74, 6) is 0.994. The van der Waals surface area contributed by atoms with Crippen LogP contribution in [0.4, 0.5) is 11.5 Å². The van der Waals surface area contributed by atoms with E-state index < -0.39 is 4.92 Å². The summed E-state index contributed by atoms with van der Waals surface area (Å²) in [6.45, 7) is 2.70. The number of fused-ring (bicyclic) bond motifs is 1. The van der Waals surface area contributed by atoms with Gasteiger partial charge >= 0.3 is 5.69 Å². The second-order valence-electron chi connectivity index (χ2n) is 4.77. The molecule has 0 fully saturated rings. The standard InChI is InChI=1S/C13H14N4O3/c1-8-12(17(18)19)13(14)16(15-8)7-9-2-3-11-10(6-9)4-5-20-11/h2-3,6H,4-5,7,14H2,1H3. The lowest BCUT2D eigenvalue weighted by Crippen LogP contribution is -2.07. The van der Waals surface area contributed by atoms with Crippen molar-refractivity contribution in [1.82, 2.24) is 9.78 Å². The van der Waals surface area contributed by atoms with E-state index in [9.17, 15) is 10.1 Å². The molecule has 0 saturated heterocycles. The molecule has 1 aliphatic heterocycles. The lowest BCUT2D eigenvalue weighted by molar-refractivity contribution is -0.384. The zero-order valence-corrected chi connectivity index (χ0v) is 11.0. The Hall–Kier alpha value is -2.57. The minimum Gasteiger partial charge on any atom is -0.493 e. The third-order valence-corrected chi connectivity index (χ3v) is 3.40. The Balaban J connectivity index is 1.92. The van der Waals surface area contributed by atoms with Gasteiger partial charge in [-0.3, -0.25) is 10.1 Å². The zero-order chi connectivity index (χ0) is 14.3. The van der Waals surface area contributed by atoms with Gasteiger partial charge in [-0.15, -0.1) is 0 Å². The largest absolute Gasteiger partial charge is 0.493 e. The molecular weight excluding hydrogens is 260 g/mol. The summed E-state index contributed by atoms with van der Waals surface area (Å²) < 4.78 is 6.91. The van der Waals surface area contributed by atoms with Gasteiger partial charge in [-0.25, -0.2) is 4.68 Å². The average Bonchev–Trinajstić information content (AvgIpc) is 2.94. The van der Waals surface area contributed by atoms with E-state index >= 15 is 0 Å². The first-order chi connectivity index (χ1) is 9.56. The van der Waals surface area contributed by atoms with Crippen molar-refractivity contribution in [2.75, 3.05) is 12.3 Å². The van der Waals surface area contributed by atoms with Crippen molar-refractivity contribution >= 4 is 11.5 Å². The molecule has 0 atom stereocenters. The van der Waals surface area contributed by atoms with E-state index in [0.717, 1.165) is 23.3 Å². The van der Waals surface area contributed by atoms with Gasteiger partial charge in [-0.2, -0.15) is 5.10 Å². The van der Waals surface area contributed by atoms with Crippen LogP contribution in [0.15, 0.2) is 18.2 Å². The molecule has 2 aromatic rings. The van der Waals surface area contributed by atoms with Crippen molar-refractivity contribution in [3.8, 4) is 5.75 Å². The fourth-order valence-corrected chi connectivity index (χ4v) is 2.45. The molecule has 0 radical (unpaired) electrons. The van der Waals surface area contributed by atoms with Crippen molar-refractivity contribution in [2.24, 2.45) is 0 Å². The Bertz CT molecular complexity index is 693. The average molecular weight is 274 g/mol. The highest BCUT2D eigenvalue weighted by Crippen LogP contribution is 2.28. The molecular formula is C13H14N4O3. The number of nitrogens with two attached hydrogens (primary N) is 1. The van der Waals surface area contributed by atoms with Gasteiger partial charge in [0.25, 0.3) is 0 Å². The maximum atomic E-state index is 10.9. The summed E-state index contributed by atoms with van der Waals surface area (Å²) >= 11 is 0. The number of hydrogen-bond acceptors (Lipinski definition) is 5. The summed E-state index contributed by atoms with van der Waals surface area (Å²) in [7, 11) is 0. The minimum absolute atomic E-state index is 0.0873. The van der Waals surface area contributed by atoms with Crippen molar-refractivity contribution in [2.45, 2.75) is 19.9 Å². The van der Waals surface area contributed by atoms with E-state index in [4.69, 9.17) is 10.5 Å². The normalized spacial score (nSPS) is 13.1. The molecule has 104 valence electrons. The highest BCUT2D eigenvalue weighted by atomic mass is 16.6. The first-order valence-corrected chi connectivity index (χ1v) is 6.28. The number of benzene rings is 1. The van der Waals surface area contributed by atoms with Crippen molar-refractivity contribution in [1.29, 1.82) is 0 Å². The van der Waals surface area contributed by atoms with Crippen LogP contribution in [0.2, 0.25) is 0 Å². The van der Waals surface area contributed by atoms with E-state index in [1.165, 1.54) is 4.68 Å². The lowest BCUT2D eigenvalue weighted by Gasteiger charge is -2.05. The molecule has 0 amide bonds. The molecule has 0 saturated carbocycles. The fourth-order valence-electron chi connectivity index (χ4n) is 2.45. The summed E-state index contributed by atoms with van der Waals surface area (Å²) in [5, 5.41) is 15.1. The van der Waals surface area contributed by atoms with Crippen LogP contribution < -0.4 is 10.5 Å². The van der Waals surface area contributed by atoms with E-state index in [-0.39, 0.29) is 11.5 Å². The van der Waals surface area contributed by atoms with Crippen molar-refractivity contribution in [3.63, 3.8) is 0 Å². The van der Waals surface area contributed by atoms with Crippen LogP contribution in [0.3, 0.4) is 0 Å². The number of nitrogens with zero attached hydrogens (tertiary/aromatic N) is 3. The molecule has 1 aromatic carbocycles. The zero-order valence-electron chi connectivity index (χ0n) is 11.0. The summed E-state index contributed by atoms with van der Waals surface area (Å²) in [6.07, 6.45) is 0.886. The first-order valence-electron chi connectivity index (χ1n) is 6.28. The number of nitrogen functional groups attached to an aromatic ring is 1. The summed E-state index contributed by atoms with van der Waals surface area (Å²) in [5.41, 5.74) is 8.16. The fraction of sp³-hybridized carbons (Fsp3) is 0.308. The second-order valence-corrected chi connectivity index (χ2v) is 4.77. The van der Waals surface area contributed by atoms with Gasteiger partial charge in [0.2, 0.25) is 5.82 Å². The van der Waals surface area contributed by atoms with Crippen LogP contribution in [0.5, 0.6) is 5.75 Å². The maximum absolute atomic E-state index is 10.9. The van der Waals surface area contributed by atoms with Crippen LogP contribution >= 0.6 is 0 Å². The van der Waals surface area contributed by atoms with Crippen LogP contribution in [-0.2, 0) is 13.0 Å². The van der Waals surface area contributed by atoms with Gasteiger partial charge in [0.05, 0.1) is 18.1 Å². The minimum atomic E-state index is -0.495. The van der Waals surface area contributed by atoms with E-state index in [1.54, 1.807) is 6.92 Å². The van der Waals surface area contributed by atoms with Gasteiger partial charge < -0.3 is 10.5 Å².